The van der Waals surface area contributed by atoms with Crippen LogP contribution in [0.15, 0.2) is 42.5 Å². The van der Waals surface area contributed by atoms with Gasteiger partial charge in [-0.1, -0.05) is 23.2 Å². The van der Waals surface area contributed by atoms with Gasteiger partial charge in [-0.15, -0.1) is 0 Å². The molecule has 0 aromatic heterocycles. The van der Waals surface area contributed by atoms with Gasteiger partial charge in [0.05, 0.1) is 17.8 Å². The van der Waals surface area contributed by atoms with Crippen LogP contribution in [-0.2, 0) is 4.79 Å². The number of rotatable bonds is 7. The van der Waals surface area contributed by atoms with Crippen LogP contribution in [0.5, 0.6) is 5.75 Å². The molecule has 0 spiro atoms. The Bertz CT molecular complexity index is 748. The molecule has 5 nitrogen and oxygen atoms in total. The minimum Gasteiger partial charge on any atom is -0.497 e. The highest BCUT2D eigenvalue weighted by molar-refractivity contribution is 6.33. The Morgan fingerprint density at radius 1 is 1.08 bits per heavy atom. The first kappa shape index (κ1) is 19.1. The molecule has 0 fully saturated rings. The van der Waals surface area contributed by atoms with Gasteiger partial charge < -0.3 is 15.4 Å². The lowest BCUT2D eigenvalue weighted by Gasteiger charge is -2.09. The number of hydrogen-bond donors (Lipinski definition) is 2. The van der Waals surface area contributed by atoms with Crippen LogP contribution in [0, 0.1) is 0 Å². The number of anilines is 1. The number of amides is 2. The summed E-state index contributed by atoms with van der Waals surface area (Å²) in [7, 11) is 1.54. The molecular weight excluding hydrogens is 363 g/mol. The van der Waals surface area contributed by atoms with Crippen LogP contribution in [0.3, 0.4) is 0 Å². The van der Waals surface area contributed by atoms with E-state index in [-0.39, 0.29) is 18.2 Å². The number of nitrogens with one attached hydrogen (secondary N) is 2. The highest BCUT2D eigenvalue weighted by atomic mass is 35.5. The normalized spacial score (nSPS) is 10.2. The van der Waals surface area contributed by atoms with Gasteiger partial charge in [-0.05, 0) is 42.8 Å². The first-order valence-corrected chi connectivity index (χ1v) is 8.42. The van der Waals surface area contributed by atoms with Crippen LogP contribution in [-0.4, -0.2) is 25.5 Å². The fourth-order valence-corrected chi connectivity index (χ4v) is 2.43. The van der Waals surface area contributed by atoms with Gasteiger partial charge in [0.1, 0.15) is 5.75 Å². The maximum atomic E-state index is 11.9. The smallest absolute Gasteiger partial charge is 0.251 e. The van der Waals surface area contributed by atoms with Gasteiger partial charge >= 0.3 is 0 Å². The van der Waals surface area contributed by atoms with Gasteiger partial charge in [-0.3, -0.25) is 9.59 Å². The molecule has 0 aliphatic heterocycles. The lowest BCUT2D eigenvalue weighted by molar-refractivity contribution is -0.116. The van der Waals surface area contributed by atoms with E-state index in [0.717, 1.165) is 0 Å². The molecule has 2 rings (SSSR count). The molecule has 2 N–H and O–H groups in total. The van der Waals surface area contributed by atoms with Crippen molar-refractivity contribution in [1.82, 2.24) is 5.32 Å². The van der Waals surface area contributed by atoms with E-state index in [1.54, 1.807) is 49.6 Å². The second-order valence-electron chi connectivity index (χ2n) is 5.26. The summed E-state index contributed by atoms with van der Waals surface area (Å²) < 4.78 is 5.06. The van der Waals surface area contributed by atoms with Gasteiger partial charge in [0.2, 0.25) is 5.91 Å². The third-order valence-electron chi connectivity index (χ3n) is 3.42. The van der Waals surface area contributed by atoms with Crippen molar-refractivity contribution in [1.29, 1.82) is 0 Å². The quantitative estimate of drug-likeness (QED) is 0.708. The van der Waals surface area contributed by atoms with E-state index in [4.69, 9.17) is 27.9 Å². The molecule has 0 aliphatic rings. The molecule has 0 aliphatic carbocycles. The fraction of sp³-hybridized carbons (Fsp3) is 0.222. The number of carbonyl (C=O) groups excluding carboxylic acids is 2. The summed E-state index contributed by atoms with van der Waals surface area (Å²) in [5.41, 5.74) is 1.05. The second-order valence-corrected chi connectivity index (χ2v) is 6.10. The third kappa shape index (κ3) is 5.96. The Kier molecular flexibility index (Phi) is 7.10. The van der Waals surface area contributed by atoms with E-state index in [9.17, 15) is 9.59 Å². The largest absolute Gasteiger partial charge is 0.497 e. The topological polar surface area (TPSA) is 67.4 Å². The standard InChI is InChI=1S/C18H18Cl2N2O3/c1-25-14-8-9-16(15(20)11-14)22-17(23)3-2-10-21-18(24)12-4-6-13(19)7-5-12/h4-9,11H,2-3,10H2,1H3,(H,21,24)(H,22,23). The fourth-order valence-electron chi connectivity index (χ4n) is 2.09. The number of methoxy groups -OCH3 is 1. The van der Waals surface area contributed by atoms with Crippen LogP contribution in [0.1, 0.15) is 23.2 Å². The Labute approximate surface area is 156 Å². The van der Waals surface area contributed by atoms with Gasteiger partial charge in [0.25, 0.3) is 5.91 Å². The summed E-state index contributed by atoms with van der Waals surface area (Å²) in [6.45, 7) is 0.394. The molecule has 0 saturated carbocycles. The second kappa shape index (κ2) is 9.30. The Balaban J connectivity index is 1.73. The zero-order valence-corrected chi connectivity index (χ0v) is 15.2. The molecule has 0 unspecified atom stereocenters. The summed E-state index contributed by atoms with van der Waals surface area (Å²) in [6, 6.07) is 11.6. The monoisotopic (exact) mass is 380 g/mol. The molecule has 0 radical (unpaired) electrons. The minimum absolute atomic E-state index is 0.173. The molecule has 2 amide bonds. The average molecular weight is 381 g/mol. The van der Waals surface area contributed by atoms with Crippen LogP contribution < -0.4 is 15.4 Å². The van der Waals surface area contributed by atoms with Crippen molar-refractivity contribution in [2.45, 2.75) is 12.8 Å². The summed E-state index contributed by atoms with van der Waals surface area (Å²) >= 11 is 11.9. The number of carbonyl (C=O) groups is 2. The molecule has 0 bridgehead atoms. The Morgan fingerprint density at radius 2 is 1.80 bits per heavy atom. The molecular formula is C18H18Cl2N2O3. The molecule has 7 heteroatoms. The Hall–Kier alpha value is -2.24. The third-order valence-corrected chi connectivity index (χ3v) is 3.99. The van der Waals surface area contributed by atoms with E-state index in [1.807, 2.05) is 0 Å². The predicted molar refractivity (Wildman–Crippen MR) is 99.7 cm³/mol. The predicted octanol–water partition coefficient (Wildman–Crippen LogP) is 4.15. The number of halogens is 2. The van der Waals surface area contributed by atoms with E-state index in [1.165, 1.54) is 0 Å². The number of ether oxygens (including phenoxy) is 1. The highest BCUT2D eigenvalue weighted by Gasteiger charge is 2.08. The van der Waals surface area contributed by atoms with Crippen molar-refractivity contribution in [3.8, 4) is 5.75 Å². The van der Waals surface area contributed by atoms with Crippen molar-refractivity contribution in [3.05, 3.63) is 58.1 Å². The van der Waals surface area contributed by atoms with Gasteiger partial charge in [-0.25, -0.2) is 0 Å². The lowest BCUT2D eigenvalue weighted by atomic mass is 10.2. The van der Waals surface area contributed by atoms with Crippen LogP contribution in [0.4, 0.5) is 5.69 Å². The molecule has 2 aromatic rings. The van der Waals surface area contributed by atoms with E-state index in [2.05, 4.69) is 10.6 Å². The lowest BCUT2D eigenvalue weighted by Crippen LogP contribution is -2.25. The Morgan fingerprint density at radius 3 is 2.44 bits per heavy atom. The summed E-state index contributed by atoms with van der Waals surface area (Å²) in [5.74, 6) is 0.246. The van der Waals surface area contributed by atoms with Crippen molar-refractivity contribution < 1.29 is 14.3 Å². The molecule has 2 aromatic carbocycles. The summed E-state index contributed by atoms with van der Waals surface area (Å²) in [6.07, 6.45) is 0.780. The SMILES string of the molecule is COc1ccc(NC(=O)CCCNC(=O)c2ccc(Cl)cc2)c(Cl)c1. The maximum absolute atomic E-state index is 11.9. The van der Waals surface area contributed by atoms with Crippen LogP contribution >= 0.6 is 23.2 Å². The van der Waals surface area contributed by atoms with Crippen molar-refractivity contribution in [2.24, 2.45) is 0 Å². The van der Waals surface area contributed by atoms with Crippen LogP contribution in [0.2, 0.25) is 10.0 Å². The number of hydrogen-bond acceptors (Lipinski definition) is 3. The van der Waals surface area contributed by atoms with E-state index < -0.39 is 0 Å². The molecule has 132 valence electrons. The van der Waals surface area contributed by atoms with Gasteiger partial charge in [0.15, 0.2) is 0 Å². The minimum atomic E-state index is -0.199. The molecule has 0 heterocycles. The highest BCUT2D eigenvalue weighted by Crippen LogP contribution is 2.26. The average Bonchev–Trinajstić information content (AvgIpc) is 2.61. The van der Waals surface area contributed by atoms with Gasteiger partial charge in [0, 0.05) is 29.6 Å². The van der Waals surface area contributed by atoms with Crippen molar-refractivity contribution >= 4 is 40.7 Å². The molecule has 0 saturated heterocycles. The maximum Gasteiger partial charge on any atom is 0.251 e. The van der Waals surface area contributed by atoms with E-state index >= 15 is 0 Å². The number of benzene rings is 2. The zero-order valence-electron chi connectivity index (χ0n) is 13.6. The zero-order chi connectivity index (χ0) is 18.2. The van der Waals surface area contributed by atoms with Crippen molar-refractivity contribution in [2.75, 3.05) is 19.0 Å². The van der Waals surface area contributed by atoms with E-state index in [0.29, 0.717) is 40.0 Å². The van der Waals surface area contributed by atoms with Crippen molar-refractivity contribution in [3.63, 3.8) is 0 Å². The first-order valence-electron chi connectivity index (χ1n) is 7.67. The van der Waals surface area contributed by atoms with Gasteiger partial charge in [-0.2, -0.15) is 0 Å². The summed E-state index contributed by atoms with van der Waals surface area (Å²) in [4.78, 5) is 23.9. The first-order chi connectivity index (χ1) is 12.0. The van der Waals surface area contributed by atoms with Crippen LogP contribution in [0.25, 0.3) is 0 Å². The molecule has 0 atom stereocenters. The summed E-state index contributed by atoms with van der Waals surface area (Å²) in [5, 5.41) is 6.47. The molecule has 25 heavy (non-hydrogen) atoms.